The minimum Gasteiger partial charge on any atom is -0.334 e. The second-order valence-corrected chi connectivity index (χ2v) is 5.19. The molecule has 1 aromatic carbocycles. The predicted molar refractivity (Wildman–Crippen MR) is 70.8 cm³/mol. The first-order valence-corrected chi connectivity index (χ1v) is 6.38. The fraction of sp³-hybridized carbons (Fsp3) is 0.385. The summed E-state index contributed by atoms with van der Waals surface area (Å²) in [6.07, 6.45) is 2.77. The molecule has 0 amide bonds. The first kappa shape index (κ1) is 12.7. The standard InChI is InChI=1S/C13H14N4O3/c1-8-7-9(3-4-10(8)17(18)19)11-15-12(16-20-11)13(14)5-2-6-13/h3-4,7H,2,5-6,14H2,1H3. The van der Waals surface area contributed by atoms with Crippen LogP contribution in [0.5, 0.6) is 0 Å². The van der Waals surface area contributed by atoms with Crippen molar-refractivity contribution in [3.63, 3.8) is 0 Å². The molecule has 1 fully saturated rings. The van der Waals surface area contributed by atoms with Gasteiger partial charge in [0.25, 0.3) is 11.6 Å². The lowest BCUT2D eigenvalue weighted by Gasteiger charge is -2.34. The number of nitro benzene ring substituents is 1. The molecule has 20 heavy (non-hydrogen) atoms. The van der Waals surface area contributed by atoms with Crippen LogP contribution in [0.15, 0.2) is 22.7 Å². The van der Waals surface area contributed by atoms with E-state index < -0.39 is 10.5 Å². The van der Waals surface area contributed by atoms with E-state index in [1.54, 1.807) is 19.1 Å². The van der Waals surface area contributed by atoms with Gasteiger partial charge in [0.1, 0.15) is 0 Å². The fourth-order valence-corrected chi connectivity index (χ4v) is 2.32. The molecule has 1 aromatic heterocycles. The Hall–Kier alpha value is -2.28. The lowest BCUT2D eigenvalue weighted by molar-refractivity contribution is -0.385. The van der Waals surface area contributed by atoms with Gasteiger partial charge in [0.2, 0.25) is 0 Å². The maximum Gasteiger partial charge on any atom is 0.272 e. The molecule has 2 N–H and O–H groups in total. The average Bonchev–Trinajstić information content (AvgIpc) is 2.85. The number of benzene rings is 1. The lowest BCUT2D eigenvalue weighted by atomic mass is 9.77. The molecule has 104 valence electrons. The molecule has 3 rings (SSSR count). The normalized spacial score (nSPS) is 16.7. The zero-order valence-corrected chi connectivity index (χ0v) is 11.0. The van der Waals surface area contributed by atoms with Gasteiger partial charge in [-0.25, -0.2) is 0 Å². The summed E-state index contributed by atoms with van der Waals surface area (Å²) in [7, 11) is 0. The van der Waals surface area contributed by atoms with E-state index in [-0.39, 0.29) is 5.69 Å². The minimum atomic E-state index is -0.475. The van der Waals surface area contributed by atoms with Crippen molar-refractivity contribution in [1.29, 1.82) is 0 Å². The Bertz CT molecular complexity index is 676. The largest absolute Gasteiger partial charge is 0.334 e. The van der Waals surface area contributed by atoms with E-state index in [1.807, 2.05) is 0 Å². The number of aryl methyl sites for hydroxylation is 1. The molecule has 7 heteroatoms. The molecular weight excluding hydrogens is 260 g/mol. The first-order chi connectivity index (χ1) is 9.49. The number of hydrogen-bond acceptors (Lipinski definition) is 6. The molecule has 0 radical (unpaired) electrons. The molecule has 0 saturated heterocycles. The van der Waals surface area contributed by atoms with Gasteiger partial charge in [-0.2, -0.15) is 4.98 Å². The molecule has 1 aliphatic rings. The number of aromatic nitrogens is 2. The van der Waals surface area contributed by atoms with Crippen molar-refractivity contribution >= 4 is 5.69 Å². The van der Waals surface area contributed by atoms with Crippen molar-refractivity contribution in [3.05, 3.63) is 39.7 Å². The zero-order valence-electron chi connectivity index (χ0n) is 11.0. The number of rotatable bonds is 3. The van der Waals surface area contributed by atoms with Crippen molar-refractivity contribution in [2.45, 2.75) is 31.7 Å². The second kappa shape index (κ2) is 4.38. The highest BCUT2D eigenvalue weighted by Gasteiger charge is 2.39. The van der Waals surface area contributed by atoms with Crippen LogP contribution in [0.25, 0.3) is 11.5 Å². The van der Waals surface area contributed by atoms with Crippen LogP contribution in [0.3, 0.4) is 0 Å². The summed E-state index contributed by atoms with van der Waals surface area (Å²) in [6, 6.07) is 4.71. The maximum atomic E-state index is 10.8. The van der Waals surface area contributed by atoms with Crippen LogP contribution in [0, 0.1) is 17.0 Å². The summed E-state index contributed by atoms with van der Waals surface area (Å²) in [5.74, 6) is 0.851. The van der Waals surface area contributed by atoms with E-state index in [2.05, 4.69) is 10.1 Å². The second-order valence-electron chi connectivity index (χ2n) is 5.19. The van der Waals surface area contributed by atoms with Crippen molar-refractivity contribution in [2.75, 3.05) is 0 Å². The average molecular weight is 274 g/mol. The van der Waals surface area contributed by atoms with E-state index in [0.29, 0.717) is 22.8 Å². The molecule has 1 aliphatic carbocycles. The van der Waals surface area contributed by atoms with Crippen LogP contribution >= 0.6 is 0 Å². The van der Waals surface area contributed by atoms with Gasteiger partial charge in [-0.05, 0) is 38.3 Å². The highest BCUT2D eigenvalue weighted by atomic mass is 16.6. The Morgan fingerprint density at radius 1 is 1.45 bits per heavy atom. The number of nitro groups is 1. The van der Waals surface area contributed by atoms with Gasteiger partial charge < -0.3 is 10.3 Å². The summed E-state index contributed by atoms with van der Waals surface area (Å²) in [6.45, 7) is 1.68. The Kier molecular flexibility index (Phi) is 2.79. The SMILES string of the molecule is Cc1cc(-c2nc(C3(N)CCC3)no2)ccc1[N+](=O)[O-]. The van der Waals surface area contributed by atoms with Crippen LogP contribution < -0.4 is 5.73 Å². The summed E-state index contributed by atoms with van der Waals surface area (Å²) in [5.41, 5.74) is 6.95. The van der Waals surface area contributed by atoms with Gasteiger partial charge in [0.15, 0.2) is 5.82 Å². The smallest absolute Gasteiger partial charge is 0.272 e. The van der Waals surface area contributed by atoms with Gasteiger partial charge in [-0.15, -0.1) is 0 Å². The van der Waals surface area contributed by atoms with E-state index in [9.17, 15) is 10.1 Å². The van der Waals surface area contributed by atoms with Crippen LogP contribution in [-0.2, 0) is 5.54 Å². The van der Waals surface area contributed by atoms with E-state index in [1.165, 1.54) is 6.07 Å². The molecule has 0 spiro atoms. The Labute approximate surface area is 114 Å². The molecule has 0 atom stereocenters. The van der Waals surface area contributed by atoms with Crippen LogP contribution in [0.2, 0.25) is 0 Å². The number of nitrogens with zero attached hydrogens (tertiary/aromatic N) is 3. The summed E-state index contributed by atoms with van der Waals surface area (Å²) in [4.78, 5) is 14.7. The predicted octanol–water partition coefficient (Wildman–Crippen LogP) is 2.29. The van der Waals surface area contributed by atoms with Gasteiger partial charge in [0, 0.05) is 17.2 Å². The fourth-order valence-electron chi connectivity index (χ4n) is 2.32. The minimum absolute atomic E-state index is 0.0720. The monoisotopic (exact) mass is 274 g/mol. The zero-order chi connectivity index (χ0) is 14.3. The first-order valence-electron chi connectivity index (χ1n) is 6.38. The topological polar surface area (TPSA) is 108 Å². The molecule has 0 bridgehead atoms. The molecule has 1 heterocycles. The molecule has 7 nitrogen and oxygen atoms in total. The summed E-state index contributed by atoms with van der Waals surface area (Å²) >= 11 is 0. The van der Waals surface area contributed by atoms with Crippen LogP contribution in [0.1, 0.15) is 30.7 Å². The highest BCUT2D eigenvalue weighted by Crippen LogP contribution is 2.37. The third-order valence-corrected chi connectivity index (χ3v) is 3.76. The lowest BCUT2D eigenvalue weighted by Crippen LogP contribution is -2.44. The van der Waals surface area contributed by atoms with Gasteiger partial charge in [0.05, 0.1) is 10.5 Å². The van der Waals surface area contributed by atoms with Crippen LogP contribution in [0.4, 0.5) is 5.69 Å². The molecule has 1 saturated carbocycles. The molecule has 0 aliphatic heterocycles. The quantitative estimate of drug-likeness (QED) is 0.679. The third-order valence-electron chi connectivity index (χ3n) is 3.76. The van der Waals surface area contributed by atoms with Gasteiger partial charge in [-0.1, -0.05) is 5.16 Å². The summed E-state index contributed by atoms with van der Waals surface area (Å²) < 4.78 is 5.22. The van der Waals surface area contributed by atoms with Crippen molar-refractivity contribution in [3.8, 4) is 11.5 Å². The molecule has 2 aromatic rings. The third kappa shape index (κ3) is 1.96. The van der Waals surface area contributed by atoms with Crippen molar-refractivity contribution < 1.29 is 9.45 Å². The Balaban J connectivity index is 1.93. The van der Waals surface area contributed by atoms with Gasteiger partial charge in [-0.3, -0.25) is 10.1 Å². The van der Waals surface area contributed by atoms with E-state index in [4.69, 9.17) is 10.3 Å². The van der Waals surface area contributed by atoms with E-state index in [0.717, 1.165) is 19.3 Å². The van der Waals surface area contributed by atoms with E-state index >= 15 is 0 Å². The molecular formula is C13H14N4O3. The van der Waals surface area contributed by atoms with Crippen LogP contribution in [-0.4, -0.2) is 15.1 Å². The Morgan fingerprint density at radius 3 is 2.75 bits per heavy atom. The molecule has 0 unspecified atom stereocenters. The van der Waals surface area contributed by atoms with Crippen molar-refractivity contribution in [2.24, 2.45) is 5.73 Å². The Morgan fingerprint density at radius 2 is 2.20 bits per heavy atom. The number of hydrogen-bond donors (Lipinski definition) is 1. The number of nitrogens with two attached hydrogens (primary N) is 1. The maximum absolute atomic E-state index is 10.8. The van der Waals surface area contributed by atoms with Gasteiger partial charge >= 0.3 is 0 Å². The summed E-state index contributed by atoms with van der Waals surface area (Å²) in [5, 5.41) is 14.7. The highest BCUT2D eigenvalue weighted by molar-refractivity contribution is 5.58. The van der Waals surface area contributed by atoms with Crippen molar-refractivity contribution in [1.82, 2.24) is 10.1 Å².